The topological polar surface area (TPSA) is 12.0 Å². The highest BCUT2D eigenvalue weighted by Gasteiger charge is 2.34. The van der Waals surface area contributed by atoms with Gasteiger partial charge in [0.15, 0.2) is 0 Å². The first kappa shape index (κ1) is 14.4. The Hall–Kier alpha value is -0.670. The number of rotatable bonds is 5. The smallest absolute Gasteiger partial charge is 0.285 e. The Labute approximate surface area is 106 Å². The maximum Gasteiger partial charge on any atom is 0.285 e. The Morgan fingerprint density at radius 2 is 1.76 bits per heavy atom. The van der Waals surface area contributed by atoms with E-state index < -0.39 is 18.0 Å². The molecule has 0 amide bonds. The van der Waals surface area contributed by atoms with E-state index in [0.29, 0.717) is 0 Å². The number of benzene rings is 1. The van der Waals surface area contributed by atoms with E-state index in [1.807, 2.05) is 13.8 Å². The molecule has 0 saturated carbocycles. The zero-order chi connectivity index (χ0) is 13.1. The highest BCUT2D eigenvalue weighted by Crippen LogP contribution is 2.28. The Kier molecular flexibility index (Phi) is 4.50. The first-order valence-corrected chi connectivity index (χ1v) is 6.02. The van der Waals surface area contributed by atoms with Crippen LogP contribution in [0, 0.1) is 0 Å². The number of halogens is 3. The second kappa shape index (κ2) is 5.32. The molecule has 1 rings (SSSR count). The van der Waals surface area contributed by atoms with Crippen LogP contribution in [0.3, 0.4) is 0 Å². The summed E-state index contributed by atoms with van der Waals surface area (Å²) in [6.07, 6.45) is 0. The van der Waals surface area contributed by atoms with Crippen molar-refractivity contribution in [1.29, 1.82) is 0 Å². The molecule has 0 aliphatic rings. The Morgan fingerprint density at radius 3 is 2.24 bits per heavy atom. The third-order valence-corrected chi connectivity index (χ3v) is 3.50. The molecular formula is C13H18ClF2N. The molecule has 1 aromatic rings. The van der Waals surface area contributed by atoms with Crippen molar-refractivity contribution in [2.24, 2.45) is 0 Å². The molecule has 1 atom stereocenters. The quantitative estimate of drug-likeness (QED) is 0.796. The van der Waals surface area contributed by atoms with Crippen molar-refractivity contribution in [2.75, 3.05) is 6.54 Å². The molecule has 1 nitrogen and oxygen atoms in total. The Morgan fingerprint density at radius 1 is 1.24 bits per heavy atom. The minimum atomic E-state index is -2.88. The molecule has 0 spiro atoms. The van der Waals surface area contributed by atoms with Crippen molar-refractivity contribution >= 4 is 11.6 Å². The van der Waals surface area contributed by atoms with E-state index in [4.69, 9.17) is 11.6 Å². The average Bonchev–Trinajstić information content (AvgIpc) is 2.28. The van der Waals surface area contributed by atoms with E-state index in [2.05, 4.69) is 5.32 Å². The van der Waals surface area contributed by atoms with Gasteiger partial charge in [0.25, 0.3) is 5.92 Å². The molecule has 0 heterocycles. The lowest BCUT2D eigenvalue weighted by molar-refractivity contribution is -0.00942. The number of hydrogen-bond acceptors (Lipinski definition) is 1. The normalized spacial score (nSPS) is 14.7. The fraction of sp³-hybridized carbons (Fsp3) is 0.538. The third kappa shape index (κ3) is 3.93. The van der Waals surface area contributed by atoms with Gasteiger partial charge < -0.3 is 5.32 Å². The maximum atomic E-state index is 13.8. The lowest BCUT2D eigenvalue weighted by atomic mass is 10.00. The minimum absolute atomic E-state index is 0.0190. The maximum absolute atomic E-state index is 13.8. The van der Waals surface area contributed by atoms with E-state index in [9.17, 15) is 8.78 Å². The van der Waals surface area contributed by atoms with Gasteiger partial charge in [-0.15, -0.1) is 11.6 Å². The highest BCUT2D eigenvalue weighted by atomic mass is 35.5. The van der Waals surface area contributed by atoms with Crippen molar-refractivity contribution in [1.82, 2.24) is 5.32 Å². The average molecular weight is 262 g/mol. The predicted molar refractivity (Wildman–Crippen MR) is 67.7 cm³/mol. The summed E-state index contributed by atoms with van der Waals surface area (Å²) in [6.45, 7) is 4.99. The van der Waals surface area contributed by atoms with Crippen LogP contribution in [0.1, 0.15) is 26.3 Å². The summed E-state index contributed by atoms with van der Waals surface area (Å²) in [5.74, 6) is -2.88. The summed E-state index contributed by atoms with van der Waals surface area (Å²) >= 11 is 5.94. The molecule has 1 N–H and O–H groups in total. The van der Waals surface area contributed by atoms with Crippen LogP contribution in [0.25, 0.3) is 0 Å². The van der Waals surface area contributed by atoms with Gasteiger partial charge in [-0.25, -0.2) is 0 Å². The molecule has 0 aliphatic carbocycles. The first-order valence-electron chi connectivity index (χ1n) is 5.58. The Bertz CT molecular complexity index is 350. The summed E-state index contributed by atoms with van der Waals surface area (Å²) in [5, 5.41) is 2.59. The van der Waals surface area contributed by atoms with Crippen LogP contribution in [0.15, 0.2) is 30.3 Å². The third-order valence-electron chi connectivity index (χ3n) is 2.96. The number of hydrogen-bond donors (Lipinski definition) is 1. The van der Waals surface area contributed by atoms with E-state index in [1.54, 1.807) is 25.1 Å². The number of alkyl halides is 3. The summed E-state index contributed by atoms with van der Waals surface area (Å²) < 4.78 is 27.7. The second-order valence-electron chi connectivity index (χ2n) is 4.76. The lowest BCUT2D eigenvalue weighted by Crippen LogP contribution is -2.49. The predicted octanol–water partition coefficient (Wildman–Crippen LogP) is 3.77. The molecule has 1 unspecified atom stereocenters. The SMILES string of the molecule is CC(Cl)C(C)(C)NCC(F)(F)c1ccccc1. The van der Waals surface area contributed by atoms with E-state index >= 15 is 0 Å². The van der Waals surface area contributed by atoms with Gasteiger partial charge in [-0.05, 0) is 20.8 Å². The summed E-state index contributed by atoms with van der Waals surface area (Å²) in [6, 6.07) is 7.80. The minimum Gasteiger partial charge on any atom is -0.304 e. The van der Waals surface area contributed by atoms with E-state index in [0.717, 1.165) is 0 Å². The van der Waals surface area contributed by atoms with Gasteiger partial charge in [-0.3, -0.25) is 0 Å². The molecule has 1 aromatic carbocycles. The molecule has 0 saturated heterocycles. The zero-order valence-electron chi connectivity index (χ0n) is 10.3. The van der Waals surface area contributed by atoms with Crippen LogP contribution in [0.2, 0.25) is 0 Å². The number of nitrogens with one attached hydrogen (secondary N) is 1. The molecule has 4 heteroatoms. The highest BCUT2D eigenvalue weighted by molar-refractivity contribution is 6.21. The van der Waals surface area contributed by atoms with Crippen LogP contribution >= 0.6 is 11.6 Å². The fourth-order valence-corrected chi connectivity index (χ4v) is 1.34. The van der Waals surface area contributed by atoms with Gasteiger partial charge in [-0.2, -0.15) is 8.78 Å². The zero-order valence-corrected chi connectivity index (χ0v) is 11.1. The summed E-state index contributed by atoms with van der Waals surface area (Å²) in [5.41, 5.74) is -0.509. The van der Waals surface area contributed by atoms with Crippen molar-refractivity contribution in [2.45, 2.75) is 37.6 Å². The summed E-state index contributed by atoms with van der Waals surface area (Å²) in [4.78, 5) is 0. The van der Waals surface area contributed by atoms with Gasteiger partial charge in [0, 0.05) is 16.5 Å². The van der Waals surface area contributed by atoms with Crippen molar-refractivity contribution in [3.63, 3.8) is 0 Å². The van der Waals surface area contributed by atoms with E-state index in [1.165, 1.54) is 12.1 Å². The lowest BCUT2D eigenvalue weighted by Gasteiger charge is -2.31. The van der Waals surface area contributed by atoms with Gasteiger partial charge >= 0.3 is 0 Å². The second-order valence-corrected chi connectivity index (χ2v) is 5.42. The van der Waals surface area contributed by atoms with Crippen LogP contribution in [0.5, 0.6) is 0 Å². The van der Waals surface area contributed by atoms with Gasteiger partial charge in [0.05, 0.1) is 6.54 Å². The molecule has 96 valence electrons. The Balaban J connectivity index is 2.69. The largest absolute Gasteiger partial charge is 0.304 e. The van der Waals surface area contributed by atoms with Crippen LogP contribution < -0.4 is 5.32 Å². The van der Waals surface area contributed by atoms with Crippen molar-refractivity contribution in [3.05, 3.63) is 35.9 Å². The molecule has 0 fully saturated rings. The fourth-order valence-electron chi connectivity index (χ4n) is 1.26. The first-order chi connectivity index (χ1) is 7.76. The molecule has 0 aromatic heterocycles. The molecule has 17 heavy (non-hydrogen) atoms. The van der Waals surface area contributed by atoms with Crippen LogP contribution in [-0.4, -0.2) is 17.5 Å². The standard InChI is InChI=1S/C13H18ClF2N/c1-10(14)12(2,3)17-9-13(15,16)11-7-5-4-6-8-11/h4-8,10,17H,9H2,1-3H3. The van der Waals surface area contributed by atoms with Gasteiger partial charge in [0.1, 0.15) is 0 Å². The molecule has 0 aliphatic heterocycles. The van der Waals surface area contributed by atoms with Crippen LogP contribution in [0.4, 0.5) is 8.78 Å². The molecular weight excluding hydrogens is 244 g/mol. The van der Waals surface area contributed by atoms with Gasteiger partial charge in [0.2, 0.25) is 0 Å². The molecule has 0 radical (unpaired) electrons. The summed E-state index contributed by atoms with van der Waals surface area (Å²) in [7, 11) is 0. The molecule has 0 bridgehead atoms. The van der Waals surface area contributed by atoms with Crippen LogP contribution in [-0.2, 0) is 5.92 Å². The monoisotopic (exact) mass is 261 g/mol. The van der Waals surface area contributed by atoms with Crippen molar-refractivity contribution < 1.29 is 8.78 Å². The van der Waals surface area contributed by atoms with Crippen molar-refractivity contribution in [3.8, 4) is 0 Å². The van der Waals surface area contributed by atoms with E-state index in [-0.39, 0.29) is 10.9 Å². The van der Waals surface area contributed by atoms with Gasteiger partial charge in [-0.1, -0.05) is 30.3 Å².